The van der Waals surface area contributed by atoms with Gasteiger partial charge in [-0.3, -0.25) is 4.79 Å². The van der Waals surface area contributed by atoms with Gasteiger partial charge in [0.1, 0.15) is 5.75 Å². The van der Waals surface area contributed by atoms with E-state index in [-0.39, 0.29) is 30.2 Å². The molecule has 1 fully saturated rings. The van der Waals surface area contributed by atoms with Crippen LogP contribution in [0.5, 0.6) is 5.75 Å². The summed E-state index contributed by atoms with van der Waals surface area (Å²) >= 11 is 0. The lowest BCUT2D eigenvalue weighted by molar-refractivity contribution is -0.188. The molecule has 0 bridgehead atoms. The molecular weight excluding hydrogens is 347 g/mol. The van der Waals surface area contributed by atoms with E-state index < -0.39 is 34.4 Å². The lowest BCUT2D eigenvalue weighted by atomic mass is 9.97. The number of carbonyl (C=O) groups excluding carboxylic acids is 1. The minimum absolute atomic E-state index is 0.0184. The van der Waals surface area contributed by atoms with Gasteiger partial charge in [0.25, 0.3) is 5.91 Å². The largest absolute Gasteiger partial charge is 0.484 e. The van der Waals surface area contributed by atoms with Gasteiger partial charge in [0.2, 0.25) is 0 Å². The summed E-state index contributed by atoms with van der Waals surface area (Å²) in [5, 5.41) is 0. The molecule has 2 rings (SSSR count). The molecule has 1 amide bonds. The van der Waals surface area contributed by atoms with Crippen LogP contribution in [-0.2, 0) is 14.6 Å². The highest BCUT2D eigenvalue weighted by atomic mass is 32.2. The minimum atomic E-state index is -4.32. The zero-order valence-corrected chi connectivity index (χ0v) is 13.9. The molecule has 1 heterocycles. The van der Waals surface area contributed by atoms with Crippen LogP contribution in [0.1, 0.15) is 12.8 Å². The smallest absolute Gasteiger partial charge is 0.393 e. The second-order valence-corrected chi connectivity index (χ2v) is 7.77. The van der Waals surface area contributed by atoms with Crippen LogP contribution in [0.3, 0.4) is 0 Å². The van der Waals surface area contributed by atoms with Gasteiger partial charge in [0, 0.05) is 19.3 Å². The molecular formula is C15H18F3NO4S. The van der Waals surface area contributed by atoms with Crippen molar-refractivity contribution in [3.05, 3.63) is 24.3 Å². The third-order valence-electron chi connectivity index (χ3n) is 3.83. The summed E-state index contributed by atoms with van der Waals surface area (Å²) < 4.78 is 66.4. The van der Waals surface area contributed by atoms with E-state index in [4.69, 9.17) is 4.74 Å². The van der Waals surface area contributed by atoms with E-state index in [1.54, 1.807) is 0 Å². The number of halogens is 3. The number of amides is 1. The van der Waals surface area contributed by atoms with Crippen molar-refractivity contribution < 1.29 is 31.1 Å². The number of sulfone groups is 1. The van der Waals surface area contributed by atoms with Crippen LogP contribution in [0.15, 0.2) is 29.2 Å². The number of nitrogens with zero attached hydrogens (tertiary/aromatic N) is 1. The topological polar surface area (TPSA) is 63.7 Å². The van der Waals surface area contributed by atoms with Gasteiger partial charge in [-0.15, -0.1) is 0 Å². The molecule has 1 aliphatic rings. The Labute approximate surface area is 138 Å². The van der Waals surface area contributed by atoms with Gasteiger partial charge < -0.3 is 9.64 Å². The first-order chi connectivity index (χ1) is 11.1. The van der Waals surface area contributed by atoms with E-state index in [1.807, 2.05) is 0 Å². The average Bonchev–Trinajstić information content (AvgIpc) is 2.51. The SMILES string of the molecule is CS(=O)(=O)c1cccc(OCC(=O)N2CCCC(C(F)(F)F)C2)c1. The van der Waals surface area contributed by atoms with Crippen molar-refractivity contribution in [2.45, 2.75) is 23.9 Å². The highest BCUT2D eigenvalue weighted by molar-refractivity contribution is 7.90. The van der Waals surface area contributed by atoms with E-state index in [2.05, 4.69) is 0 Å². The second-order valence-electron chi connectivity index (χ2n) is 5.76. The molecule has 1 unspecified atom stereocenters. The van der Waals surface area contributed by atoms with E-state index in [1.165, 1.54) is 24.3 Å². The average molecular weight is 365 g/mol. The molecule has 0 N–H and O–H groups in total. The van der Waals surface area contributed by atoms with E-state index in [0.717, 1.165) is 11.2 Å². The molecule has 9 heteroatoms. The number of alkyl halides is 3. The predicted octanol–water partition coefficient (Wildman–Crippen LogP) is 2.27. The van der Waals surface area contributed by atoms with Gasteiger partial charge in [0.05, 0.1) is 10.8 Å². The molecule has 24 heavy (non-hydrogen) atoms. The highest BCUT2D eigenvalue weighted by Gasteiger charge is 2.42. The van der Waals surface area contributed by atoms with Crippen molar-refractivity contribution in [3.8, 4) is 5.75 Å². The van der Waals surface area contributed by atoms with Gasteiger partial charge in [-0.25, -0.2) is 8.42 Å². The zero-order valence-electron chi connectivity index (χ0n) is 13.0. The maximum absolute atomic E-state index is 12.8. The number of carbonyl (C=O) groups is 1. The summed E-state index contributed by atoms with van der Waals surface area (Å²) in [5.41, 5.74) is 0. The number of ether oxygens (including phenoxy) is 1. The van der Waals surface area contributed by atoms with Crippen LogP contribution in [0.25, 0.3) is 0 Å². The molecule has 0 radical (unpaired) electrons. The first-order valence-corrected chi connectivity index (χ1v) is 9.24. The monoisotopic (exact) mass is 365 g/mol. The van der Waals surface area contributed by atoms with Crippen LogP contribution in [-0.4, -0.2) is 51.4 Å². The first-order valence-electron chi connectivity index (χ1n) is 7.35. The molecule has 1 saturated heterocycles. The van der Waals surface area contributed by atoms with Gasteiger partial charge in [0.15, 0.2) is 16.4 Å². The summed E-state index contributed by atoms with van der Waals surface area (Å²) in [4.78, 5) is 13.2. The van der Waals surface area contributed by atoms with Crippen molar-refractivity contribution in [2.24, 2.45) is 5.92 Å². The molecule has 0 spiro atoms. The maximum Gasteiger partial charge on any atom is 0.393 e. The fourth-order valence-electron chi connectivity index (χ4n) is 2.50. The quantitative estimate of drug-likeness (QED) is 0.821. The summed E-state index contributed by atoms with van der Waals surface area (Å²) in [6.45, 7) is -0.537. The Hall–Kier alpha value is -1.77. The van der Waals surface area contributed by atoms with Crippen LogP contribution in [0.4, 0.5) is 13.2 Å². The molecule has 5 nitrogen and oxygen atoms in total. The molecule has 1 aromatic rings. The van der Waals surface area contributed by atoms with Gasteiger partial charge >= 0.3 is 6.18 Å². The Morgan fingerprint density at radius 1 is 1.38 bits per heavy atom. The molecule has 0 aliphatic carbocycles. The molecule has 0 aromatic heterocycles. The summed E-state index contributed by atoms with van der Waals surface area (Å²) in [6, 6.07) is 5.62. The van der Waals surface area contributed by atoms with Crippen molar-refractivity contribution in [1.29, 1.82) is 0 Å². The van der Waals surface area contributed by atoms with Crippen LogP contribution < -0.4 is 4.74 Å². The van der Waals surface area contributed by atoms with Crippen LogP contribution >= 0.6 is 0 Å². The Bertz CT molecular complexity index is 703. The summed E-state index contributed by atoms with van der Waals surface area (Å²) in [6.07, 6.45) is -2.96. The zero-order chi connectivity index (χ0) is 18.0. The Balaban J connectivity index is 1.96. The number of hydrogen-bond donors (Lipinski definition) is 0. The number of likely N-dealkylation sites (tertiary alicyclic amines) is 1. The van der Waals surface area contributed by atoms with E-state index >= 15 is 0 Å². The molecule has 134 valence electrons. The lowest BCUT2D eigenvalue weighted by Crippen LogP contribution is -2.46. The number of piperidine rings is 1. The predicted molar refractivity (Wildman–Crippen MR) is 80.4 cm³/mol. The molecule has 1 atom stereocenters. The lowest BCUT2D eigenvalue weighted by Gasteiger charge is -2.33. The fourth-order valence-corrected chi connectivity index (χ4v) is 3.16. The summed E-state index contributed by atoms with van der Waals surface area (Å²) in [7, 11) is -3.41. The maximum atomic E-state index is 12.8. The van der Waals surface area contributed by atoms with E-state index in [9.17, 15) is 26.4 Å². The van der Waals surface area contributed by atoms with Crippen molar-refractivity contribution >= 4 is 15.7 Å². The van der Waals surface area contributed by atoms with Gasteiger partial charge in [-0.1, -0.05) is 6.07 Å². The van der Waals surface area contributed by atoms with Crippen LogP contribution in [0, 0.1) is 5.92 Å². The van der Waals surface area contributed by atoms with Crippen molar-refractivity contribution in [1.82, 2.24) is 4.90 Å². The number of rotatable bonds is 4. The molecule has 1 aliphatic heterocycles. The third-order valence-corrected chi connectivity index (χ3v) is 4.94. The summed E-state index contributed by atoms with van der Waals surface area (Å²) in [5.74, 6) is -1.88. The molecule has 1 aromatic carbocycles. The molecule has 0 saturated carbocycles. The van der Waals surface area contributed by atoms with Crippen molar-refractivity contribution in [3.63, 3.8) is 0 Å². The van der Waals surface area contributed by atoms with Crippen molar-refractivity contribution in [2.75, 3.05) is 26.0 Å². The number of benzene rings is 1. The Kier molecular flexibility index (Phi) is 5.42. The highest BCUT2D eigenvalue weighted by Crippen LogP contribution is 2.33. The Morgan fingerprint density at radius 3 is 2.71 bits per heavy atom. The normalized spacial score (nSPS) is 19.2. The van der Waals surface area contributed by atoms with Gasteiger partial charge in [-0.05, 0) is 31.0 Å². The van der Waals surface area contributed by atoms with Gasteiger partial charge in [-0.2, -0.15) is 13.2 Å². The standard InChI is InChI=1S/C15H18F3NO4S/c1-24(21,22)13-6-2-5-12(8-13)23-10-14(20)19-7-3-4-11(9-19)15(16,17)18/h2,5-6,8,11H,3-4,7,9-10H2,1H3. The van der Waals surface area contributed by atoms with Crippen LogP contribution in [0.2, 0.25) is 0 Å². The van der Waals surface area contributed by atoms with E-state index in [0.29, 0.717) is 6.42 Å². The number of hydrogen-bond acceptors (Lipinski definition) is 4. The third kappa shape index (κ3) is 4.86. The second kappa shape index (κ2) is 7.00. The minimum Gasteiger partial charge on any atom is -0.484 e. The first kappa shape index (κ1) is 18.6. The Morgan fingerprint density at radius 2 is 2.08 bits per heavy atom. The fraction of sp³-hybridized carbons (Fsp3) is 0.533.